The van der Waals surface area contributed by atoms with Gasteiger partial charge in [0.2, 0.25) is 0 Å². The second-order valence-corrected chi connectivity index (χ2v) is 14.0. The van der Waals surface area contributed by atoms with Crippen LogP contribution < -0.4 is 5.32 Å². The summed E-state index contributed by atoms with van der Waals surface area (Å²) in [6.45, 7) is 0. The van der Waals surface area contributed by atoms with E-state index in [2.05, 4.69) is 137 Å². The van der Waals surface area contributed by atoms with E-state index >= 15 is 0 Å². The minimum atomic E-state index is 0.195. The van der Waals surface area contributed by atoms with Gasteiger partial charge in [0.25, 0.3) is 0 Å². The fourth-order valence-electron chi connectivity index (χ4n) is 8.12. The van der Waals surface area contributed by atoms with Crippen LogP contribution in [0.4, 0.5) is 11.4 Å². The number of aromatic nitrogens is 1. The molecule has 10 rings (SSSR count). The topological polar surface area (TPSA) is 53.2 Å². The Morgan fingerprint density at radius 2 is 1.05 bits per heavy atom. The largest absolute Gasteiger partial charge is 0.355 e. The van der Waals surface area contributed by atoms with E-state index in [0.29, 0.717) is 0 Å². The fraction of sp³-hybridized carbons (Fsp3) is 0. The van der Waals surface area contributed by atoms with Crippen molar-refractivity contribution in [3.05, 3.63) is 223 Å². The SMILES string of the molecule is N=C(N=C(c1ccccc1)c1ccccc1)c1cccc(Nc2ccc3ccccc3c2-c2cc3c(c4ccccc24)c2ccccc2n3-c2ccccc2)c1. The van der Waals surface area contributed by atoms with Crippen LogP contribution in [-0.2, 0) is 0 Å². The van der Waals surface area contributed by atoms with Crippen molar-refractivity contribution in [2.45, 2.75) is 0 Å². The number of benzene rings is 9. The summed E-state index contributed by atoms with van der Waals surface area (Å²) in [5.74, 6) is 0.195. The van der Waals surface area contributed by atoms with Crippen molar-refractivity contribution >= 4 is 66.3 Å². The number of nitrogens with one attached hydrogen (secondary N) is 2. The Labute approximate surface area is 325 Å². The van der Waals surface area contributed by atoms with Crippen molar-refractivity contribution in [2.75, 3.05) is 5.32 Å². The lowest BCUT2D eigenvalue weighted by atomic mass is 9.90. The third-order valence-electron chi connectivity index (χ3n) is 10.6. The van der Waals surface area contributed by atoms with Crippen LogP contribution in [0.5, 0.6) is 0 Å². The van der Waals surface area contributed by atoms with Crippen molar-refractivity contribution in [2.24, 2.45) is 4.99 Å². The van der Waals surface area contributed by atoms with E-state index in [1.807, 2.05) is 78.9 Å². The normalized spacial score (nSPS) is 11.3. The Balaban J connectivity index is 1.15. The van der Waals surface area contributed by atoms with E-state index in [-0.39, 0.29) is 5.84 Å². The number of rotatable bonds is 7. The highest BCUT2D eigenvalue weighted by Gasteiger charge is 2.20. The molecular formula is C52H36N4. The summed E-state index contributed by atoms with van der Waals surface area (Å²) in [4.78, 5) is 4.93. The van der Waals surface area contributed by atoms with Gasteiger partial charge in [-0.1, -0.05) is 164 Å². The molecule has 264 valence electrons. The Morgan fingerprint density at radius 1 is 0.464 bits per heavy atom. The standard InChI is InChI=1S/C52H36N4/c53-52(55-51(36-18-4-1-5-19-36)37-20-6-2-7-21-37)38-22-16-23-39(33-38)54-46-32-31-35-17-10-11-26-41(35)49(46)45-34-48-50(43-28-13-12-27-42(43)45)44-29-14-15-30-47(44)56(48)40-24-8-3-9-25-40/h1-34,53-54H. The average Bonchev–Trinajstić information content (AvgIpc) is 3.60. The van der Waals surface area contributed by atoms with Gasteiger partial charge in [0.05, 0.1) is 16.7 Å². The summed E-state index contributed by atoms with van der Waals surface area (Å²) in [7, 11) is 0. The highest BCUT2D eigenvalue weighted by molar-refractivity contribution is 6.26. The second kappa shape index (κ2) is 14.0. The van der Waals surface area contributed by atoms with Crippen LogP contribution in [0.2, 0.25) is 0 Å². The molecule has 0 aliphatic heterocycles. The predicted molar refractivity (Wildman–Crippen MR) is 236 cm³/mol. The highest BCUT2D eigenvalue weighted by atomic mass is 15.0. The maximum absolute atomic E-state index is 9.21. The van der Waals surface area contributed by atoms with Gasteiger partial charge in [0.15, 0.2) is 5.84 Å². The van der Waals surface area contributed by atoms with Crippen molar-refractivity contribution < 1.29 is 0 Å². The molecule has 0 amide bonds. The molecule has 0 bridgehead atoms. The van der Waals surface area contributed by atoms with E-state index in [4.69, 9.17) is 4.99 Å². The van der Waals surface area contributed by atoms with Crippen LogP contribution in [0, 0.1) is 5.41 Å². The molecule has 1 heterocycles. The van der Waals surface area contributed by atoms with Gasteiger partial charge in [-0.3, -0.25) is 5.41 Å². The zero-order valence-electron chi connectivity index (χ0n) is 30.5. The zero-order chi connectivity index (χ0) is 37.4. The Kier molecular flexibility index (Phi) is 8.27. The van der Waals surface area contributed by atoms with Crippen LogP contribution in [0.1, 0.15) is 16.7 Å². The molecule has 0 saturated carbocycles. The van der Waals surface area contributed by atoms with Gasteiger partial charge in [-0.05, 0) is 69.6 Å². The van der Waals surface area contributed by atoms with E-state index in [0.717, 1.165) is 61.5 Å². The maximum Gasteiger partial charge on any atom is 0.152 e. The number of aliphatic imine (C=N–C) groups is 1. The molecule has 9 aromatic carbocycles. The Bertz CT molecular complexity index is 3070. The number of hydrogen-bond donors (Lipinski definition) is 2. The first-order valence-corrected chi connectivity index (χ1v) is 18.9. The molecule has 0 unspecified atom stereocenters. The van der Waals surface area contributed by atoms with E-state index in [9.17, 15) is 5.41 Å². The summed E-state index contributed by atoms with van der Waals surface area (Å²) in [6.07, 6.45) is 0. The van der Waals surface area contributed by atoms with Crippen LogP contribution in [0.3, 0.4) is 0 Å². The number of nitrogens with zero attached hydrogens (tertiary/aromatic N) is 2. The molecule has 4 nitrogen and oxygen atoms in total. The molecular weight excluding hydrogens is 681 g/mol. The lowest BCUT2D eigenvalue weighted by Gasteiger charge is -2.19. The Hall–Kier alpha value is -7.56. The summed E-state index contributed by atoms with van der Waals surface area (Å²) >= 11 is 0. The lowest BCUT2D eigenvalue weighted by Crippen LogP contribution is -2.08. The first-order valence-electron chi connectivity index (χ1n) is 18.9. The molecule has 0 fully saturated rings. The van der Waals surface area contributed by atoms with Gasteiger partial charge in [0, 0.05) is 50.1 Å². The van der Waals surface area contributed by atoms with E-state index < -0.39 is 0 Å². The highest BCUT2D eigenvalue weighted by Crippen LogP contribution is 2.45. The van der Waals surface area contributed by atoms with E-state index in [1.54, 1.807) is 0 Å². The van der Waals surface area contributed by atoms with Crippen LogP contribution >= 0.6 is 0 Å². The second-order valence-electron chi connectivity index (χ2n) is 14.0. The van der Waals surface area contributed by atoms with Gasteiger partial charge in [0.1, 0.15) is 0 Å². The van der Waals surface area contributed by atoms with Crippen LogP contribution in [-0.4, -0.2) is 16.1 Å². The van der Waals surface area contributed by atoms with Crippen LogP contribution in [0.25, 0.3) is 60.2 Å². The number of hydrogen-bond acceptors (Lipinski definition) is 2. The first-order chi connectivity index (χ1) is 27.7. The van der Waals surface area contributed by atoms with Crippen molar-refractivity contribution in [1.29, 1.82) is 5.41 Å². The number of fused-ring (bicyclic) bond motifs is 6. The minimum Gasteiger partial charge on any atom is -0.355 e. The van der Waals surface area contributed by atoms with Crippen molar-refractivity contribution in [1.82, 2.24) is 4.57 Å². The predicted octanol–water partition coefficient (Wildman–Crippen LogP) is 13.4. The molecule has 1 aromatic heterocycles. The number of para-hydroxylation sites is 2. The maximum atomic E-state index is 9.21. The fourth-order valence-corrected chi connectivity index (χ4v) is 8.12. The molecule has 0 radical (unpaired) electrons. The summed E-state index contributed by atoms with van der Waals surface area (Å²) in [6, 6.07) is 71.7. The molecule has 0 aliphatic carbocycles. The third-order valence-corrected chi connectivity index (χ3v) is 10.6. The molecule has 2 N–H and O–H groups in total. The average molecular weight is 717 g/mol. The number of anilines is 2. The van der Waals surface area contributed by atoms with Crippen molar-refractivity contribution in [3.63, 3.8) is 0 Å². The van der Waals surface area contributed by atoms with Crippen LogP contribution in [0.15, 0.2) is 211 Å². The van der Waals surface area contributed by atoms with Gasteiger partial charge < -0.3 is 9.88 Å². The minimum absolute atomic E-state index is 0.195. The molecule has 0 spiro atoms. The molecule has 4 heteroatoms. The van der Waals surface area contributed by atoms with Gasteiger partial charge in [-0.25, -0.2) is 4.99 Å². The summed E-state index contributed by atoms with van der Waals surface area (Å²) in [5, 5.41) is 20.2. The van der Waals surface area contributed by atoms with E-state index in [1.165, 1.54) is 32.4 Å². The quantitative estimate of drug-likeness (QED) is 0.125. The van der Waals surface area contributed by atoms with Gasteiger partial charge >= 0.3 is 0 Å². The molecule has 10 aromatic rings. The zero-order valence-corrected chi connectivity index (χ0v) is 30.5. The van der Waals surface area contributed by atoms with Crippen molar-refractivity contribution in [3.8, 4) is 16.8 Å². The molecule has 0 aliphatic rings. The summed E-state index contributed by atoms with van der Waals surface area (Å²) in [5.41, 5.74) is 11.0. The number of amidine groups is 1. The Morgan fingerprint density at radius 3 is 1.79 bits per heavy atom. The molecule has 0 saturated heterocycles. The lowest BCUT2D eigenvalue weighted by molar-refractivity contribution is 1.18. The molecule has 56 heavy (non-hydrogen) atoms. The molecule has 0 atom stereocenters. The van der Waals surface area contributed by atoms with Gasteiger partial charge in [-0.2, -0.15) is 0 Å². The monoisotopic (exact) mass is 716 g/mol. The van der Waals surface area contributed by atoms with Gasteiger partial charge in [-0.15, -0.1) is 0 Å². The third kappa shape index (κ3) is 5.81. The first kappa shape index (κ1) is 33.0. The smallest absolute Gasteiger partial charge is 0.152 e. The summed E-state index contributed by atoms with van der Waals surface area (Å²) < 4.78 is 2.40.